The summed E-state index contributed by atoms with van der Waals surface area (Å²) in [7, 11) is 0. The van der Waals surface area contributed by atoms with Crippen LogP contribution in [0.3, 0.4) is 0 Å². The maximum atomic E-state index is 4.55. The Bertz CT molecular complexity index is 476. The molecule has 0 saturated carbocycles. The summed E-state index contributed by atoms with van der Waals surface area (Å²) in [5.74, 6) is 1.15. The Hall–Kier alpha value is -1.61. The summed E-state index contributed by atoms with van der Waals surface area (Å²) in [6.07, 6.45) is 6.09. The standard InChI is InChI=1S/C16H23N3/c1-3-11-19-12-10-18-16(19)15(17-4-2)13-14-8-6-5-7-9-14/h5-10,12,15,17H,3-4,11,13H2,1-2H3. The largest absolute Gasteiger partial charge is 0.334 e. The second-order valence-corrected chi connectivity index (χ2v) is 4.78. The summed E-state index contributed by atoms with van der Waals surface area (Å²) in [5.41, 5.74) is 1.35. The predicted molar refractivity (Wildman–Crippen MR) is 79.1 cm³/mol. The third-order valence-corrected chi connectivity index (χ3v) is 3.26. The summed E-state index contributed by atoms with van der Waals surface area (Å²) in [4.78, 5) is 4.55. The quantitative estimate of drug-likeness (QED) is 0.825. The lowest BCUT2D eigenvalue weighted by molar-refractivity contribution is 0.488. The van der Waals surface area contributed by atoms with Gasteiger partial charge in [0.2, 0.25) is 0 Å². The Labute approximate surface area is 115 Å². The van der Waals surface area contributed by atoms with Crippen molar-refractivity contribution in [2.75, 3.05) is 6.54 Å². The van der Waals surface area contributed by atoms with Gasteiger partial charge in [-0.1, -0.05) is 44.2 Å². The molecule has 19 heavy (non-hydrogen) atoms. The lowest BCUT2D eigenvalue weighted by Crippen LogP contribution is -2.26. The van der Waals surface area contributed by atoms with Crippen LogP contribution in [0.25, 0.3) is 0 Å². The lowest BCUT2D eigenvalue weighted by atomic mass is 10.1. The van der Waals surface area contributed by atoms with E-state index in [1.165, 1.54) is 5.56 Å². The van der Waals surface area contributed by atoms with Crippen molar-refractivity contribution < 1.29 is 0 Å². The van der Waals surface area contributed by atoms with E-state index < -0.39 is 0 Å². The predicted octanol–water partition coefficient (Wildman–Crippen LogP) is 3.19. The molecule has 1 unspecified atom stereocenters. The van der Waals surface area contributed by atoms with E-state index in [1.807, 2.05) is 6.20 Å². The van der Waals surface area contributed by atoms with Crippen LogP contribution in [0.15, 0.2) is 42.7 Å². The van der Waals surface area contributed by atoms with Crippen molar-refractivity contribution in [2.24, 2.45) is 0 Å². The van der Waals surface area contributed by atoms with Gasteiger partial charge in [-0.2, -0.15) is 0 Å². The number of aryl methyl sites for hydroxylation is 1. The summed E-state index contributed by atoms with van der Waals surface area (Å²) in [6.45, 7) is 6.33. The summed E-state index contributed by atoms with van der Waals surface area (Å²) in [6, 6.07) is 10.9. The zero-order chi connectivity index (χ0) is 13.5. The first-order chi connectivity index (χ1) is 9.35. The number of hydrogen-bond donors (Lipinski definition) is 1. The average molecular weight is 257 g/mol. The number of imidazole rings is 1. The van der Waals surface area contributed by atoms with Gasteiger partial charge in [0.1, 0.15) is 5.82 Å². The monoisotopic (exact) mass is 257 g/mol. The van der Waals surface area contributed by atoms with Crippen molar-refractivity contribution in [1.82, 2.24) is 14.9 Å². The van der Waals surface area contributed by atoms with Gasteiger partial charge >= 0.3 is 0 Å². The molecule has 1 aromatic carbocycles. The van der Waals surface area contributed by atoms with Gasteiger partial charge in [0, 0.05) is 18.9 Å². The number of benzene rings is 1. The second-order valence-electron chi connectivity index (χ2n) is 4.78. The highest BCUT2D eigenvalue weighted by molar-refractivity contribution is 5.17. The molecule has 0 spiro atoms. The minimum atomic E-state index is 0.286. The van der Waals surface area contributed by atoms with Crippen LogP contribution in [0.2, 0.25) is 0 Å². The molecule has 1 atom stereocenters. The van der Waals surface area contributed by atoms with Gasteiger partial charge < -0.3 is 9.88 Å². The normalized spacial score (nSPS) is 12.5. The van der Waals surface area contributed by atoms with Crippen LogP contribution in [0.1, 0.15) is 37.7 Å². The Morgan fingerprint density at radius 2 is 2.00 bits per heavy atom. The van der Waals surface area contributed by atoms with E-state index in [0.717, 1.165) is 31.8 Å². The molecule has 1 heterocycles. The molecule has 102 valence electrons. The SMILES string of the molecule is CCCn1ccnc1C(Cc1ccccc1)NCC. The Kier molecular flexibility index (Phi) is 5.16. The van der Waals surface area contributed by atoms with Crippen molar-refractivity contribution in [3.63, 3.8) is 0 Å². The molecular formula is C16H23N3. The van der Waals surface area contributed by atoms with Crippen LogP contribution in [0.5, 0.6) is 0 Å². The molecule has 0 aliphatic heterocycles. The highest BCUT2D eigenvalue weighted by atomic mass is 15.1. The van der Waals surface area contributed by atoms with Crippen LogP contribution in [0.4, 0.5) is 0 Å². The van der Waals surface area contributed by atoms with E-state index in [4.69, 9.17) is 0 Å². The van der Waals surface area contributed by atoms with E-state index in [2.05, 4.69) is 65.2 Å². The molecule has 3 heteroatoms. The summed E-state index contributed by atoms with van der Waals surface area (Å²) >= 11 is 0. The highest BCUT2D eigenvalue weighted by Crippen LogP contribution is 2.17. The fraction of sp³-hybridized carbons (Fsp3) is 0.438. The van der Waals surface area contributed by atoms with Gasteiger partial charge in [0.15, 0.2) is 0 Å². The molecule has 1 N–H and O–H groups in total. The smallest absolute Gasteiger partial charge is 0.126 e. The Morgan fingerprint density at radius 1 is 1.21 bits per heavy atom. The minimum Gasteiger partial charge on any atom is -0.334 e. The van der Waals surface area contributed by atoms with Gasteiger partial charge in [-0.05, 0) is 24.9 Å². The van der Waals surface area contributed by atoms with Crippen molar-refractivity contribution in [3.05, 3.63) is 54.1 Å². The van der Waals surface area contributed by atoms with Crippen LogP contribution in [-0.2, 0) is 13.0 Å². The van der Waals surface area contributed by atoms with Gasteiger partial charge in [0.05, 0.1) is 6.04 Å². The Balaban J connectivity index is 2.17. The first kappa shape index (κ1) is 13.8. The number of nitrogens with one attached hydrogen (secondary N) is 1. The molecule has 0 aliphatic rings. The van der Waals surface area contributed by atoms with Gasteiger partial charge in [-0.15, -0.1) is 0 Å². The van der Waals surface area contributed by atoms with E-state index in [-0.39, 0.29) is 6.04 Å². The molecule has 0 radical (unpaired) electrons. The van der Waals surface area contributed by atoms with Crippen LogP contribution < -0.4 is 5.32 Å². The third kappa shape index (κ3) is 3.67. The van der Waals surface area contributed by atoms with E-state index >= 15 is 0 Å². The fourth-order valence-electron chi connectivity index (χ4n) is 2.41. The van der Waals surface area contributed by atoms with Crippen LogP contribution in [-0.4, -0.2) is 16.1 Å². The molecule has 1 aromatic heterocycles. The molecule has 2 rings (SSSR count). The van der Waals surface area contributed by atoms with Crippen molar-refractivity contribution in [1.29, 1.82) is 0 Å². The maximum absolute atomic E-state index is 4.55. The highest BCUT2D eigenvalue weighted by Gasteiger charge is 2.16. The van der Waals surface area contributed by atoms with Crippen LogP contribution >= 0.6 is 0 Å². The molecule has 0 amide bonds. The molecule has 2 aromatic rings. The molecule has 3 nitrogen and oxygen atoms in total. The Morgan fingerprint density at radius 3 is 2.68 bits per heavy atom. The van der Waals surface area contributed by atoms with Gasteiger partial charge in [-0.3, -0.25) is 0 Å². The van der Waals surface area contributed by atoms with Crippen molar-refractivity contribution >= 4 is 0 Å². The number of aromatic nitrogens is 2. The number of likely N-dealkylation sites (N-methyl/N-ethyl adjacent to an activating group) is 1. The molecule has 0 saturated heterocycles. The first-order valence-electron chi connectivity index (χ1n) is 7.13. The first-order valence-corrected chi connectivity index (χ1v) is 7.13. The summed E-state index contributed by atoms with van der Waals surface area (Å²) < 4.78 is 2.26. The topological polar surface area (TPSA) is 29.9 Å². The van der Waals surface area contributed by atoms with Gasteiger partial charge in [-0.25, -0.2) is 4.98 Å². The van der Waals surface area contributed by atoms with Crippen molar-refractivity contribution in [2.45, 2.75) is 39.3 Å². The third-order valence-electron chi connectivity index (χ3n) is 3.26. The second kappa shape index (κ2) is 7.10. The molecular weight excluding hydrogens is 234 g/mol. The zero-order valence-electron chi connectivity index (χ0n) is 11.8. The van der Waals surface area contributed by atoms with Crippen molar-refractivity contribution in [3.8, 4) is 0 Å². The molecule has 0 fully saturated rings. The fourth-order valence-corrected chi connectivity index (χ4v) is 2.41. The minimum absolute atomic E-state index is 0.286. The zero-order valence-corrected chi connectivity index (χ0v) is 11.8. The van der Waals surface area contributed by atoms with E-state index in [1.54, 1.807) is 0 Å². The lowest BCUT2D eigenvalue weighted by Gasteiger charge is -2.19. The van der Waals surface area contributed by atoms with E-state index in [0.29, 0.717) is 0 Å². The van der Waals surface area contributed by atoms with Gasteiger partial charge in [0.25, 0.3) is 0 Å². The molecule has 0 bridgehead atoms. The number of hydrogen-bond acceptors (Lipinski definition) is 2. The number of nitrogens with zero attached hydrogens (tertiary/aromatic N) is 2. The average Bonchev–Trinajstić information content (AvgIpc) is 2.88. The van der Waals surface area contributed by atoms with E-state index in [9.17, 15) is 0 Å². The maximum Gasteiger partial charge on any atom is 0.126 e. The summed E-state index contributed by atoms with van der Waals surface area (Å²) in [5, 5.41) is 3.55. The molecule has 0 aliphatic carbocycles. The number of rotatable bonds is 7. The van der Waals surface area contributed by atoms with Crippen LogP contribution in [0, 0.1) is 0 Å².